The van der Waals surface area contributed by atoms with E-state index in [4.69, 9.17) is 27.9 Å². The molecule has 6 nitrogen and oxygen atoms in total. The van der Waals surface area contributed by atoms with Crippen molar-refractivity contribution < 1.29 is 9.53 Å². The van der Waals surface area contributed by atoms with Gasteiger partial charge in [-0.05, 0) is 24.6 Å². The second-order valence-corrected chi connectivity index (χ2v) is 8.27. The van der Waals surface area contributed by atoms with Gasteiger partial charge in [-0.3, -0.25) is 4.90 Å². The number of urea groups is 1. The van der Waals surface area contributed by atoms with Crippen molar-refractivity contribution in [2.75, 3.05) is 26.2 Å². The topological polar surface area (TPSA) is 66.5 Å². The molecule has 146 valence electrons. The Kier molecular flexibility index (Phi) is 7.32. The molecular formula is C18H22Cl2N4O2S. The maximum atomic E-state index is 12.0. The van der Waals surface area contributed by atoms with Crippen LogP contribution in [0.4, 0.5) is 4.79 Å². The van der Waals surface area contributed by atoms with Crippen LogP contribution in [0.15, 0.2) is 23.6 Å². The zero-order chi connectivity index (χ0) is 19.2. The number of hydrogen-bond donors (Lipinski definition) is 2. The summed E-state index contributed by atoms with van der Waals surface area (Å²) in [6.45, 7) is 5.81. The van der Waals surface area contributed by atoms with Gasteiger partial charge in [-0.2, -0.15) is 0 Å². The Morgan fingerprint density at radius 1 is 1.37 bits per heavy atom. The molecule has 0 bridgehead atoms. The number of nitrogens with zero attached hydrogens (tertiary/aromatic N) is 2. The number of carbonyl (C=O) groups excluding carboxylic acids is 1. The molecule has 1 atom stereocenters. The van der Waals surface area contributed by atoms with E-state index in [0.29, 0.717) is 29.7 Å². The standard InChI is InChI=1S/C18H22Cl2N4O2S/c1-12-23-14(11-27-12)7-21-18(25)22-8-15-10-24(4-5-26-15)9-13-2-3-16(19)17(20)6-13/h2-3,6,11,15H,4-5,7-10H2,1H3,(H2,21,22,25). The number of ether oxygens (including phenoxy) is 1. The molecule has 0 spiro atoms. The molecule has 1 fully saturated rings. The van der Waals surface area contributed by atoms with E-state index < -0.39 is 0 Å². The Labute approximate surface area is 172 Å². The van der Waals surface area contributed by atoms with Gasteiger partial charge < -0.3 is 15.4 Å². The van der Waals surface area contributed by atoms with Gasteiger partial charge in [0.15, 0.2) is 0 Å². The van der Waals surface area contributed by atoms with Crippen LogP contribution >= 0.6 is 34.5 Å². The molecule has 0 radical (unpaired) electrons. The first kappa shape index (κ1) is 20.4. The Hall–Kier alpha value is -1.38. The molecule has 3 rings (SSSR count). The summed E-state index contributed by atoms with van der Waals surface area (Å²) in [6, 6.07) is 5.46. The molecular weight excluding hydrogens is 407 g/mol. The number of carbonyl (C=O) groups is 1. The van der Waals surface area contributed by atoms with Gasteiger partial charge in [0, 0.05) is 31.6 Å². The van der Waals surface area contributed by atoms with E-state index in [-0.39, 0.29) is 12.1 Å². The van der Waals surface area contributed by atoms with Crippen molar-refractivity contribution in [1.29, 1.82) is 0 Å². The lowest BCUT2D eigenvalue weighted by Gasteiger charge is -2.33. The fourth-order valence-corrected chi connectivity index (χ4v) is 3.81. The van der Waals surface area contributed by atoms with E-state index in [1.807, 2.05) is 30.5 Å². The Morgan fingerprint density at radius 2 is 2.22 bits per heavy atom. The maximum Gasteiger partial charge on any atom is 0.315 e. The third-order valence-corrected chi connectivity index (χ3v) is 5.76. The van der Waals surface area contributed by atoms with Crippen LogP contribution in [0, 0.1) is 6.92 Å². The average Bonchev–Trinajstić information content (AvgIpc) is 3.07. The summed E-state index contributed by atoms with van der Waals surface area (Å²) in [7, 11) is 0. The van der Waals surface area contributed by atoms with Crippen LogP contribution in [0.1, 0.15) is 16.3 Å². The highest BCUT2D eigenvalue weighted by atomic mass is 35.5. The number of aromatic nitrogens is 1. The Morgan fingerprint density at radius 3 is 2.96 bits per heavy atom. The van der Waals surface area contributed by atoms with Gasteiger partial charge in [0.2, 0.25) is 0 Å². The number of thiazole rings is 1. The van der Waals surface area contributed by atoms with Crippen LogP contribution in [0.25, 0.3) is 0 Å². The van der Waals surface area contributed by atoms with Crippen molar-refractivity contribution in [3.05, 3.63) is 49.9 Å². The Bertz CT molecular complexity index is 786. The molecule has 1 aliphatic heterocycles. The second-order valence-electron chi connectivity index (χ2n) is 6.40. The van der Waals surface area contributed by atoms with Crippen LogP contribution in [0.3, 0.4) is 0 Å². The minimum absolute atomic E-state index is 0.0474. The van der Waals surface area contributed by atoms with Crippen LogP contribution in [-0.4, -0.2) is 48.3 Å². The lowest BCUT2D eigenvalue weighted by Crippen LogP contribution is -2.48. The molecule has 1 aromatic carbocycles. The number of morpholine rings is 1. The minimum Gasteiger partial charge on any atom is -0.374 e. The zero-order valence-electron chi connectivity index (χ0n) is 15.0. The van der Waals surface area contributed by atoms with E-state index in [9.17, 15) is 4.79 Å². The highest BCUT2D eigenvalue weighted by Gasteiger charge is 2.21. The monoisotopic (exact) mass is 428 g/mol. The van der Waals surface area contributed by atoms with Gasteiger partial charge in [0.05, 0.1) is 40.0 Å². The predicted octanol–water partition coefficient (Wildman–Crippen LogP) is 3.46. The SMILES string of the molecule is Cc1nc(CNC(=O)NCC2CN(Cc3ccc(Cl)c(Cl)c3)CCO2)cs1. The van der Waals surface area contributed by atoms with Gasteiger partial charge in [0.1, 0.15) is 0 Å². The number of halogens is 2. The van der Waals surface area contributed by atoms with Gasteiger partial charge in [-0.15, -0.1) is 11.3 Å². The van der Waals surface area contributed by atoms with Crippen LogP contribution in [0.5, 0.6) is 0 Å². The molecule has 1 aliphatic rings. The maximum absolute atomic E-state index is 12.0. The summed E-state index contributed by atoms with van der Waals surface area (Å²) in [4.78, 5) is 18.6. The molecule has 1 saturated heterocycles. The summed E-state index contributed by atoms with van der Waals surface area (Å²) in [5, 5.41) is 9.74. The summed E-state index contributed by atoms with van der Waals surface area (Å²) >= 11 is 13.6. The lowest BCUT2D eigenvalue weighted by atomic mass is 10.2. The molecule has 2 amide bonds. The molecule has 9 heteroatoms. The van der Waals surface area contributed by atoms with E-state index in [0.717, 1.165) is 35.9 Å². The van der Waals surface area contributed by atoms with Crippen molar-refractivity contribution >= 4 is 40.6 Å². The van der Waals surface area contributed by atoms with E-state index >= 15 is 0 Å². The van der Waals surface area contributed by atoms with Gasteiger partial charge in [0.25, 0.3) is 0 Å². The summed E-state index contributed by atoms with van der Waals surface area (Å²) in [6.07, 6.45) is -0.0474. The number of hydrogen-bond acceptors (Lipinski definition) is 5. The van der Waals surface area contributed by atoms with Crippen molar-refractivity contribution in [3.8, 4) is 0 Å². The first-order valence-corrected chi connectivity index (χ1v) is 10.3. The fourth-order valence-electron chi connectivity index (χ4n) is 2.87. The lowest BCUT2D eigenvalue weighted by molar-refractivity contribution is -0.0287. The summed E-state index contributed by atoms with van der Waals surface area (Å²) in [5.74, 6) is 0. The van der Waals surface area contributed by atoms with E-state index in [2.05, 4.69) is 20.5 Å². The van der Waals surface area contributed by atoms with Crippen molar-refractivity contribution in [2.45, 2.75) is 26.1 Å². The molecule has 1 aromatic heterocycles. The summed E-state index contributed by atoms with van der Waals surface area (Å²) in [5.41, 5.74) is 1.98. The summed E-state index contributed by atoms with van der Waals surface area (Å²) < 4.78 is 5.76. The van der Waals surface area contributed by atoms with Gasteiger partial charge >= 0.3 is 6.03 Å². The highest BCUT2D eigenvalue weighted by molar-refractivity contribution is 7.09. The van der Waals surface area contributed by atoms with Crippen LogP contribution in [0.2, 0.25) is 10.0 Å². The van der Waals surface area contributed by atoms with Crippen molar-refractivity contribution in [3.63, 3.8) is 0 Å². The molecule has 27 heavy (non-hydrogen) atoms. The molecule has 1 unspecified atom stereocenters. The van der Waals surface area contributed by atoms with Crippen molar-refractivity contribution in [1.82, 2.24) is 20.5 Å². The fraction of sp³-hybridized carbons (Fsp3) is 0.444. The number of amides is 2. The number of rotatable bonds is 6. The Balaban J connectivity index is 1.41. The van der Waals surface area contributed by atoms with Gasteiger partial charge in [-0.1, -0.05) is 29.3 Å². The molecule has 2 N–H and O–H groups in total. The molecule has 2 heterocycles. The highest BCUT2D eigenvalue weighted by Crippen LogP contribution is 2.23. The largest absolute Gasteiger partial charge is 0.374 e. The third kappa shape index (κ3) is 6.33. The number of aryl methyl sites for hydroxylation is 1. The first-order valence-electron chi connectivity index (χ1n) is 8.70. The van der Waals surface area contributed by atoms with Gasteiger partial charge in [-0.25, -0.2) is 9.78 Å². The number of benzene rings is 1. The molecule has 2 aromatic rings. The van der Waals surface area contributed by atoms with E-state index in [1.165, 1.54) is 0 Å². The third-order valence-electron chi connectivity index (χ3n) is 4.20. The first-order chi connectivity index (χ1) is 13.0. The van der Waals surface area contributed by atoms with E-state index in [1.54, 1.807) is 11.3 Å². The minimum atomic E-state index is -0.217. The normalized spacial score (nSPS) is 17.7. The van der Waals surface area contributed by atoms with Crippen LogP contribution < -0.4 is 10.6 Å². The smallest absolute Gasteiger partial charge is 0.315 e. The molecule has 0 saturated carbocycles. The second kappa shape index (κ2) is 9.71. The van der Waals surface area contributed by atoms with Crippen molar-refractivity contribution in [2.24, 2.45) is 0 Å². The zero-order valence-corrected chi connectivity index (χ0v) is 17.3. The molecule has 0 aliphatic carbocycles. The average molecular weight is 429 g/mol. The quantitative estimate of drug-likeness (QED) is 0.738. The van der Waals surface area contributed by atoms with Crippen LogP contribution in [-0.2, 0) is 17.8 Å². The number of nitrogens with one attached hydrogen (secondary N) is 2. The predicted molar refractivity (Wildman–Crippen MR) is 109 cm³/mol.